The van der Waals surface area contributed by atoms with Crippen LogP contribution in [0.3, 0.4) is 0 Å². The molecule has 0 saturated heterocycles. The summed E-state index contributed by atoms with van der Waals surface area (Å²) in [7, 11) is 0. The molecule has 0 radical (unpaired) electrons. The van der Waals surface area contributed by atoms with Crippen LogP contribution >= 0.6 is 46.2 Å². The van der Waals surface area contributed by atoms with Crippen molar-refractivity contribution in [3.63, 3.8) is 0 Å². The van der Waals surface area contributed by atoms with E-state index in [1.165, 1.54) is 65.3 Å². The van der Waals surface area contributed by atoms with Gasteiger partial charge in [-0.1, -0.05) is 58.3 Å². The van der Waals surface area contributed by atoms with E-state index >= 15 is 0 Å². The van der Waals surface area contributed by atoms with Crippen LogP contribution in [-0.4, -0.2) is 50.1 Å². The van der Waals surface area contributed by atoms with Crippen molar-refractivity contribution in [3.05, 3.63) is 29.8 Å². The zero-order chi connectivity index (χ0) is 23.8. The summed E-state index contributed by atoms with van der Waals surface area (Å²) >= 11 is 5.42. The Kier molecular flexibility index (Phi) is 8.87. The van der Waals surface area contributed by atoms with Gasteiger partial charge in [-0.05, 0) is 17.7 Å². The molecule has 0 bridgehead atoms. The second kappa shape index (κ2) is 11.6. The maximum Gasteiger partial charge on any atom is 0.573 e. The van der Waals surface area contributed by atoms with Crippen LogP contribution in [0.5, 0.6) is 5.75 Å². The van der Waals surface area contributed by atoms with Gasteiger partial charge in [0.15, 0.2) is 8.68 Å². The van der Waals surface area contributed by atoms with Gasteiger partial charge in [0.25, 0.3) is 0 Å². The van der Waals surface area contributed by atoms with Crippen molar-refractivity contribution in [2.24, 2.45) is 0 Å². The highest BCUT2D eigenvalue weighted by Gasteiger charge is 2.31. The first-order valence-electron chi connectivity index (χ1n) is 9.01. The molecule has 2 heterocycles. The molecular formula is C17H15F3N6O3S4. The van der Waals surface area contributed by atoms with E-state index in [9.17, 15) is 22.8 Å². The molecule has 2 N–H and O–H groups in total. The van der Waals surface area contributed by atoms with E-state index in [0.29, 0.717) is 25.9 Å². The Hall–Kier alpha value is -2.43. The molecule has 3 rings (SSSR count). The monoisotopic (exact) mass is 536 g/mol. The number of rotatable bonds is 10. The minimum Gasteiger partial charge on any atom is -0.406 e. The maximum atomic E-state index is 12.3. The Bertz CT molecular complexity index is 1110. The Morgan fingerprint density at radius 3 is 2.18 bits per heavy atom. The number of carbonyl (C=O) groups is 2. The Morgan fingerprint density at radius 2 is 1.61 bits per heavy atom. The number of thioether (sulfide) groups is 2. The van der Waals surface area contributed by atoms with E-state index in [1.807, 2.05) is 0 Å². The summed E-state index contributed by atoms with van der Waals surface area (Å²) in [6.45, 7) is 1.40. The third-order valence-electron chi connectivity index (χ3n) is 3.37. The van der Waals surface area contributed by atoms with E-state index in [2.05, 4.69) is 35.8 Å². The highest BCUT2D eigenvalue weighted by atomic mass is 32.2. The number of hydrogen-bond acceptors (Lipinski definition) is 11. The van der Waals surface area contributed by atoms with Gasteiger partial charge in [0.2, 0.25) is 22.1 Å². The van der Waals surface area contributed by atoms with Crippen molar-refractivity contribution >= 4 is 68.3 Å². The second-order valence-electron chi connectivity index (χ2n) is 6.04. The Morgan fingerprint density at radius 1 is 1.00 bits per heavy atom. The predicted molar refractivity (Wildman–Crippen MR) is 121 cm³/mol. The van der Waals surface area contributed by atoms with E-state index in [1.54, 1.807) is 0 Å². The van der Waals surface area contributed by atoms with Crippen LogP contribution < -0.4 is 15.4 Å². The molecule has 2 aromatic heterocycles. The van der Waals surface area contributed by atoms with Gasteiger partial charge < -0.3 is 15.4 Å². The lowest BCUT2D eigenvalue weighted by atomic mass is 10.1. The van der Waals surface area contributed by atoms with Gasteiger partial charge in [-0.15, -0.1) is 33.6 Å². The molecule has 1 aromatic carbocycles. The van der Waals surface area contributed by atoms with Crippen molar-refractivity contribution in [1.29, 1.82) is 0 Å². The molecule has 16 heteroatoms. The molecule has 0 unspecified atom stereocenters. The number of hydrogen-bond donors (Lipinski definition) is 2. The largest absolute Gasteiger partial charge is 0.573 e. The van der Waals surface area contributed by atoms with Gasteiger partial charge in [-0.3, -0.25) is 9.59 Å². The van der Waals surface area contributed by atoms with Crippen molar-refractivity contribution in [2.45, 2.75) is 28.4 Å². The normalized spacial score (nSPS) is 11.3. The first-order chi connectivity index (χ1) is 15.7. The molecule has 2 amide bonds. The Balaban J connectivity index is 1.41. The fraction of sp³-hybridized carbons (Fsp3) is 0.294. The average molecular weight is 537 g/mol. The molecule has 0 atom stereocenters. The van der Waals surface area contributed by atoms with E-state index in [-0.39, 0.29) is 18.1 Å². The molecule has 0 saturated carbocycles. The highest BCUT2D eigenvalue weighted by molar-refractivity contribution is 8.04. The lowest BCUT2D eigenvalue weighted by Gasteiger charge is -2.09. The summed E-state index contributed by atoms with van der Waals surface area (Å²) < 4.78 is 42.2. The zero-order valence-corrected chi connectivity index (χ0v) is 20.0. The number of anilines is 2. The van der Waals surface area contributed by atoms with Crippen LogP contribution in [-0.2, 0) is 16.0 Å². The van der Waals surface area contributed by atoms with Crippen LogP contribution in [0.25, 0.3) is 0 Å². The van der Waals surface area contributed by atoms with Crippen molar-refractivity contribution < 1.29 is 27.5 Å². The van der Waals surface area contributed by atoms with Gasteiger partial charge in [-0.2, -0.15) is 0 Å². The Labute approximate surface area is 201 Å². The first-order valence-corrected chi connectivity index (χ1v) is 12.6. The van der Waals surface area contributed by atoms with Crippen LogP contribution in [0.2, 0.25) is 0 Å². The third-order valence-corrected chi connectivity index (χ3v) is 7.58. The fourth-order valence-corrected chi connectivity index (χ4v) is 5.92. The van der Waals surface area contributed by atoms with Gasteiger partial charge >= 0.3 is 6.36 Å². The number of alkyl halides is 3. The molecule has 9 nitrogen and oxygen atoms in total. The quantitative estimate of drug-likeness (QED) is 0.222. The molecule has 3 aromatic rings. The van der Waals surface area contributed by atoms with Crippen LogP contribution in [0.15, 0.2) is 32.9 Å². The van der Waals surface area contributed by atoms with Gasteiger partial charge in [0, 0.05) is 18.4 Å². The number of nitrogens with zero attached hydrogens (tertiary/aromatic N) is 4. The number of halogens is 3. The van der Waals surface area contributed by atoms with E-state index in [0.717, 1.165) is 22.2 Å². The molecule has 0 aliphatic carbocycles. The van der Waals surface area contributed by atoms with Crippen molar-refractivity contribution in [3.8, 4) is 5.75 Å². The van der Waals surface area contributed by atoms with Gasteiger partial charge in [0.05, 0.1) is 6.42 Å². The molecule has 0 spiro atoms. The summed E-state index contributed by atoms with van der Waals surface area (Å²) in [5.74, 6) is 0.390. The summed E-state index contributed by atoms with van der Waals surface area (Å²) in [6.07, 6.45) is -4.94. The average Bonchev–Trinajstić information content (AvgIpc) is 3.33. The topological polar surface area (TPSA) is 119 Å². The standard InChI is InChI=1S/C17H15F3N6O3S4/c1-9(27)21-13-23-25-15(32-13)30-5-6-31-16-26-24-14(33-16)22-12(28)8-10-3-2-4-11(7-10)29-17(18,19)20/h2-4,7H,5-6,8H2,1H3,(H,21,23,27)(H,22,24,28). The summed E-state index contributed by atoms with van der Waals surface area (Å²) in [4.78, 5) is 23.2. The zero-order valence-electron chi connectivity index (χ0n) is 16.7. The molecule has 0 fully saturated rings. The van der Waals surface area contributed by atoms with E-state index in [4.69, 9.17) is 0 Å². The van der Waals surface area contributed by atoms with Crippen LogP contribution in [0.4, 0.5) is 23.4 Å². The number of aromatic nitrogens is 4. The van der Waals surface area contributed by atoms with Gasteiger partial charge in [0.1, 0.15) is 5.75 Å². The van der Waals surface area contributed by atoms with Crippen LogP contribution in [0.1, 0.15) is 12.5 Å². The first kappa shape index (κ1) is 25.2. The third kappa shape index (κ3) is 9.15. The number of carbonyl (C=O) groups excluding carboxylic acids is 2. The SMILES string of the molecule is CC(=O)Nc1nnc(SCCSc2nnc(NC(=O)Cc3cccc(OC(F)(F)F)c3)s2)s1. The van der Waals surface area contributed by atoms with Crippen LogP contribution in [0, 0.1) is 0 Å². The molecule has 0 aliphatic heterocycles. The minimum atomic E-state index is -4.80. The molecule has 176 valence electrons. The summed E-state index contributed by atoms with van der Waals surface area (Å²) in [6, 6.07) is 5.22. The summed E-state index contributed by atoms with van der Waals surface area (Å²) in [5, 5.41) is 21.7. The van der Waals surface area contributed by atoms with Crippen molar-refractivity contribution in [1.82, 2.24) is 20.4 Å². The number of ether oxygens (including phenoxy) is 1. The number of amides is 2. The minimum absolute atomic E-state index is 0.143. The fourth-order valence-electron chi connectivity index (χ4n) is 2.25. The molecular weight excluding hydrogens is 521 g/mol. The molecule has 33 heavy (non-hydrogen) atoms. The summed E-state index contributed by atoms with van der Waals surface area (Å²) in [5.41, 5.74) is 0.365. The smallest absolute Gasteiger partial charge is 0.406 e. The predicted octanol–water partition coefficient (Wildman–Crippen LogP) is 4.31. The maximum absolute atomic E-state index is 12.3. The lowest BCUT2D eigenvalue weighted by Crippen LogP contribution is -2.17. The van der Waals surface area contributed by atoms with Gasteiger partial charge in [-0.25, -0.2) is 0 Å². The second-order valence-corrected chi connectivity index (χ2v) is 10.7. The lowest BCUT2D eigenvalue weighted by molar-refractivity contribution is -0.274. The number of nitrogens with one attached hydrogen (secondary N) is 2. The van der Waals surface area contributed by atoms with E-state index < -0.39 is 12.3 Å². The molecule has 0 aliphatic rings. The highest BCUT2D eigenvalue weighted by Crippen LogP contribution is 2.30. The number of benzene rings is 1. The van der Waals surface area contributed by atoms with Crippen molar-refractivity contribution in [2.75, 3.05) is 22.1 Å².